The van der Waals surface area contributed by atoms with Gasteiger partial charge in [-0.05, 0) is 44.9 Å². The van der Waals surface area contributed by atoms with Crippen molar-refractivity contribution in [1.82, 2.24) is 14.6 Å². The quantitative estimate of drug-likeness (QED) is 0.538. The van der Waals surface area contributed by atoms with E-state index in [1.165, 1.54) is 0 Å². The van der Waals surface area contributed by atoms with Crippen molar-refractivity contribution < 1.29 is 14.3 Å². The van der Waals surface area contributed by atoms with Gasteiger partial charge in [0.2, 0.25) is 0 Å². The fourth-order valence-electron chi connectivity index (χ4n) is 4.49. The standard InChI is InChI=1S/C24H26N4O3/c1-16-17(2)25-22-15-19(21-9-6-14-31-21)26-28(22)23(16)27-12-10-24(29,11-13-27)18-7-4-5-8-20(18)30-3/h4-9,14-15,29H,10-13H2,1-3H3. The lowest BCUT2D eigenvalue weighted by Gasteiger charge is -2.40. The van der Waals surface area contributed by atoms with Crippen molar-refractivity contribution >= 4 is 11.5 Å². The molecule has 3 aromatic heterocycles. The first-order valence-electron chi connectivity index (χ1n) is 10.5. The van der Waals surface area contributed by atoms with Crippen LogP contribution in [0, 0.1) is 13.8 Å². The maximum Gasteiger partial charge on any atom is 0.158 e. The summed E-state index contributed by atoms with van der Waals surface area (Å²) >= 11 is 0. The van der Waals surface area contributed by atoms with Crippen LogP contribution in [-0.2, 0) is 5.60 Å². The highest BCUT2D eigenvalue weighted by Crippen LogP contribution is 2.39. The van der Waals surface area contributed by atoms with Crippen molar-refractivity contribution in [1.29, 1.82) is 0 Å². The van der Waals surface area contributed by atoms with Gasteiger partial charge in [0.05, 0.1) is 19.0 Å². The molecule has 1 aliphatic heterocycles. The molecular formula is C24H26N4O3. The van der Waals surface area contributed by atoms with Gasteiger partial charge in [-0.15, -0.1) is 0 Å². The topological polar surface area (TPSA) is 76.0 Å². The van der Waals surface area contributed by atoms with Crippen LogP contribution < -0.4 is 9.64 Å². The molecule has 4 aromatic rings. The van der Waals surface area contributed by atoms with Crippen LogP contribution in [0.5, 0.6) is 5.75 Å². The SMILES string of the molecule is COc1ccccc1C1(O)CCN(c2c(C)c(C)nc3cc(-c4ccco4)nn23)CC1. The number of fused-ring (bicyclic) bond motifs is 1. The highest BCUT2D eigenvalue weighted by atomic mass is 16.5. The van der Waals surface area contributed by atoms with Crippen LogP contribution in [0.25, 0.3) is 17.1 Å². The number of piperidine rings is 1. The molecule has 7 heteroatoms. The predicted octanol–water partition coefficient (Wildman–Crippen LogP) is 4.10. The first-order valence-corrected chi connectivity index (χ1v) is 10.5. The van der Waals surface area contributed by atoms with Crippen molar-refractivity contribution in [3.05, 3.63) is 65.5 Å². The monoisotopic (exact) mass is 418 g/mol. The van der Waals surface area contributed by atoms with Gasteiger partial charge in [-0.25, -0.2) is 4.98 Å². The first kappa shape index (κ1) is 19.6. The van der Waals surface area contributed by atoms with Crippen LogP contribution in [0.1, 0.15) is 29.7 Å². The molecule has 1 aliphatic rings. The number of methoxy groups -OCH3 is 1. The van der Waals surface area contributed by atoms with Gasteiger partial charge in [0.25, 0.3) is 0 Å². The first-order chi connectivity index (χ1) is 15.0. The number of aromatic nitrogens is 3. The van der Waals surface area contributed by atoms with Crippen molar-refractivity contribution in [2.24, 2.45) is 0 Å². The number of nitrogens with zero attached hydrogens (tertiary/aromatic N) is 4. The minimum absolute atomic E-state index is 0.599. The molecule has 7 nitrogen and oxygen atoms in total. The average Bonchev–Trinajstić information content (AvgIpc) is 3.45. The Bertz CT molecular complexity index is 1220. The molecule has 1 saturated heterocycles. The molecule has 31 heavy (non-hydrogen) atoms. The molecule has 0 radical (unpaired) electrons. The summed E-state index contributed by atoms with van der Waals surface area (Å²) in [4.78, 5) is 7.02. The van der Waals surface area contributed by atoms with Crippen molar-refractivity contribution in [3.8, 4) is 17.2 Å². The summed E-state index contributed by atoms with van der Waals surface area (Å²) in [6.45, 7) is 5.49. The van der Waals surface area contributed by atoms with Gasteiger partial charge in [0.15, 0.2) is 11.4 Å². The van der Waals surface area contributed by atoms with E-state index in [4.69, 9.17) is 19.2 Å². The van der Waals surface area contributed by atoms with Gasteiger partial charge in [0.1, 0.15) is 17.3 Å². The minimum atomic E-state index is -0.915. The number of hydrogen-bond acceptors (Lipinski definition) is 6. The molecule has 160 valence electrons. The maximum absolute atomic E-state index is 11.4. The average molecular weight is 418 g/mol. The van der Waals surface area contributed by atoms with Gasteiger partial charge in [-0.2, -0.15) is 9.61 Å². The Labute approximate surface area is 180 Å². The molecule has 0 unspecified atom stereocenters. The fourth-order valence-corrected chi connectivity index (χ4v) is 4.49. The lowest BCUT2D eigenvalue weighted by molar-refractivity contribution is 0.00947. The summed E-state index contributed by atoms with van der Waals surface area (Å²) in [5, 5.41) is 16.2. The second kappa shape index (κ2) is 7.42. The second-order valence-corrected chi connectivity index (χ2v) is 8.14. The number of aliphatic hydroxyl groups is 1. The summed E-state index contributed by atoms with van der Waals surface area (Å²) < 4.78 is 12.9. The number of para-hydroxylation sites is 1. The summed E-state index contributed by atoms with van der Waals surface area (Å²) in [5.41, 5.74) is 3.54. The Morgan fingerprint density at radius 3 is 2.58 bits per heavy atom. The molecule has 1 aromatic carbocycles. The Balaban J connectivity index is 1.50. The molecule has 0 aliphatic carbocycles. The number of benzene rings is 1. The molecule has 4 heterocycles. The molecule has 0 spiro atoms. The molecule has 0 saturated carbocycles. The largest absolute Gasteiger partial charge is 0.496 e. The molecule has 1 N–H and O–H groups in total. The highest BCUT2D eigenvalue weighted by Gasteiger charge is 2.37. The van der Waals surface area contributed by atoms with Crippen molar-refractivity contribution in [2.75, 3.05) is 25.1 Å². The van der Waals surface area contributed by atoms with E-state index in [9.17, 15) is 5.11 Å². The van der Waals surface area contributed by atoms with Gasteiger partial charge in [0, 0.05) is 36.0 Å². The van der Waals surface area contributed by atoms with Gasteiger partial charge in [-0.3, -0.25) is 0 Å². The van der Waals surface area contributed by atoms with E-state index >= 15 is 0 Å². The molecule has 0 amide bonds. The van der Waals surface area contributed by atoms with Crippen molar-refractivity contribution in [3.63, 3.8) is 0 Å². The maximum atomic E-state index is 11.4. The van der Waals surface area contributed by atoms with Crippen LogP contribution in [-0.4, -0.2) is 39.9 Å². The van der Waals surface area contributed by atoms with Gasteiger partial charge in [-0.1, -0.05) is 18.2 Å². The second-order valence-electron chi connectivity index (χ2n) is 8.14. The number of aryl methyl sites for hydroxylation is 1. The zero-order chi connectivity index (χ0) is 21.6. The Morgan fingerprint density at radius 2 is 1.87 bits per heavy atom. The van der Waals surface area contributed by atoms with E-state index in [0.29, 0.717) is 25.9 Å². The third-order valence-electron chi connectivity index (χ3n) is 6.32. The van der Waals surface area contributed by atoms with E-state index in [-0.39, 0.29) is 0 Å². The Hall–Kier alpha value is -3.32. The fraction of sp³-hybridized carbons (Fsp3) is 0.333. The molecule has 0 atom stereocenters. The number of ether oxygens (including phenoxy) is 1. The minimum Gasteiger partial charge on any atom is -0.496 e. The van der Waals surface area contributed by atoms with E-state index in [0.717, 1.165) is 45.5 Å². The number of furan rings is 1. The van der Waals surface area contributed by atoms with Gasteiger partial charge >= 0.3 is 0 Å². The lowest BCUT2D eigenvalue weighted by Crippen LogP contribution is -2.43. The number of anilines is 1. The predicted molar refractivity (Wildman–Crippen MR) is 119 cm³/mol. The molecule has 1 fully saturated rings. The van der Waals surface area contributed by atoms with E-state index in [1.807, 2.05) is 53.9 Å². The van der Waals surface area contributed by atoms with Crippen molar-refractivity contribution in [2.45, 2.75) is 32.3 Å². The summed E-state index contributed by atoms with van der Waals surface area (Å²) in [6, 6.07) is 13.4. The molecule has 0 bridgehead atoms. The van der Waals surface area contributed by atoms with E-state index in [1.54, 1.807) is 13.4 Å². The van der Waals surface area contributed by atoms with E-state index < -0.39 is 5.60 Å². The van der Waals surface area contributed by atoms with E-state index in [2.05, 4.69) is 11.8 Å². The zero-order valence-corrected chi connectivity index (χ0v) is 18.0. The normalized spacial score (nSPS) is 16.1. The Morgan fingerprint density at radius 1 is 1.10 bits per heavy atom. The highest BCUT2D eigenvalue weighted by molar-refractivity contribution is 5.64. The van der Waals surface area contributed by atoms with Crippen LogP contribution in [0.2, 0.25) is 0 Å². The zero-order valence-electron chi connectivity index (χ0n) is 18.0. The van der Waals surface area contributed by atoms with Crippen LogP contribution in [0.15, 0.2) is 53.1 Å². The smallest absolute Gasteiger partial charge is 0.158 e. The molecular weight excluding hydrogens is 392 g/mol. The number of rotatable bonds is 4. The van der Waals surface area contributed by atoms with Crippen LogP contribution in [0.3, 0.4) is 0 Å². The van der Waals surface area contributed by atoms with Crippen LogP contribution in [0.4, 0.5) is 5.82 Å². The van der Waals surface area contributed by atoms with Crippen LogP contribution >= 0.6 is 0 Å². The Kier molecular flexibility index (Phi) is 4.70. The molecule has 5 rings (SSSR count). The third kappa shape index (κ3) is 3.25. The third-order valence-corrected chi connectivity index (χ3v) is 6.32. The van der Waals surface area contributed by atoms with Gasteiger partial charge < -0.3 is 19.2 Å². The summed E-state index contributed by atoms with van der Waals surface area (Å²) in [6.07, 6.45) is 2.84. The summed E-state index contributed by atoms with van der Waals surface area (Å²) in [5.74, 6) is 2.46. The summed E-state index contributed by atoms with van der Waals surface area (Å²) in [7, 11) is 1.64. The lowest BCUT2D eigenvalue weighted by atomic mass is 9.84. The number of hydrogen-bond donors (Lipinski definition) is 1.